The van der Waals surface area contributed by atoms with Gasteiger partial charge in [-0.15, -0.1) is 0 Å². The third kappa shape index (κ3) is 6.85. The summed E-state index contributed by atoms with van der Waals surface area (Å²) in [5.41, 5.74) is 2.31. The zero-order chi connectivity index (χ0) is 21.3. The summed E-state index contributed by atoms with van der Waals surface area (Å²) >= 11 is 0. The zero-order valence-electron chi connectivity index (χ0n) is 16.7. The van der Waals surface area contributed by atoms with E-state index in [-0.39, 0.29) is 31.5 Å². The second-order valence-corrected chi connectivity index (χ2v) is 7.39. The van der Waals surface area contributed by atoms with Gasteiger partial charge in [-0.05, 0) is 0 Å². The Hall–Kier alpha value is -2.96. The van der Waals surface area contributed by atoms with Crippen molar-refractivity contribution in [1.82, 2.24) is 4.98 Å². The number of nitrogens with zero attached hydrogens (tertiary/aromatic N) is 1. The van der Waals surface area contributed by atoms with Crippen LogP contribution >= 0.6 is 0 Å². The Morgan fingerprint density at radius 3 is 1.90 bits per heavy atom. The summed E-state index contributed by atoms with van der Waals surface area (Å²) < 4.78 is 5.83. The molecule has 0 fully saturated rings. The van der Waals surface area contributed by atoms with Gasteiger partial charge >= 0.3 is 5.97 Å². The number of aromatic nitrogens is 1. The monoisotopic (exact) mass is 397 g/mol. The van der Waals surface area contributed by atoms with Crippen molar-refractivity contribution in [3.8, 4) is 22.6 Å². The highest BCUT2D eigenvalue weighted by Crippen LogP contribution is 2.32. The number of carboxylic acids is 1. The fraction of sp³-hybridized carbons (Fsp3) is 0.304. The van der Waals surface area contributed by atoms with Gasteiger partial charge in [0.15, 0.2) is 11.7 Å². The fourth-order valence-corrected chi connectivity index (χ4v) is 2.31. The van der Waals surface area contributed by atoms with Crippen molar-refractivity contribution in [1.29, 1.82) is 0 Å². The second kappa shape index (κ2) is 10.5. The van der Waals surface area contributed by atoms with Crippen LogP contribution in [-0.4, -0.2) is 39.5 Å². The topological polar surface area (TPSA) is 104 Å². The summed E-state index contributed by atoms with van der Waals surface area (Å²) in [4.78, 5) is 15.2. The summed E-state index contributed by atoms with van der Waals surface area (Å²) in [6.45, 7) is 3.69. The van der Waals surface area contributed by atoms with Crippen molar-refractivity contribution >= 4 is 5.97 Å². The van der Waals surface area contributed by atoms with Gasteiger partial charge < -0.3 is 19.7 Å². The Morgan fingerprint density at radius 2 is 1.45 bits per heavy atom. The van der Waals surface area contributed by atoms with Gasteiger partial charge in [-0.25, -0.2) is 4.98 Å². The van der Waals surface area contributed by atoms with E-state index >= 15 is 0 Å². The van der Waals surface area contributed by atoms with Crippen LogP contribution < -0.4 is 0 Å². The molecule has 6 nitrogen and oxygen atoms in total. The molecule has 1 heterocycles. The number of hydrogen-bond acceptors (Lipinski definition) is 5. The highest BCUT2D eigenvalue weighted by Gasteiger charge is 2.17. The molecule has 3 N–H and O–H groups in total. The van der Waals surface area contributed by atoms with Crippen molar-refractivity contribution < 1.29 is 24.5 Å². The smallest absolute Gasteiger partial charge is 0.303 e. The maximum atomic E-state index is 10.7. The minimum Gasteiger partial charge on any atom is -0.481 e. The van der Waals surface area contributed by atoms with Gasteiger partial charge in [-0.1, -0.05) is 74.5 Å². The molecule has 0 unspecified atom stereocenters. The molecule has 0 amide bonds. The summed E-state index contributed by atoms with van der Waals surface area (Å²) in [5, 5.41) is 25.7. The number of carbonyl (C=O) groups is 1. The number of hydrogen-bond donors (Lipinski definition) is 3. The number of oxazole rings is 1. The Balaban J connectivity index is 0.000000370. The van der Waals surface area contributed by atoms with Crippen LogP contribution in [0.5, 0.6) is 0 Å². The Morgan fingerprint density at radius 1 is 0.931 bits per heavy atom. The minimum atomic E-state index is -0.860. The van der Waals surface area contributed by atoms with Gasteiger partial charge in [0.1, 0.15) is 5.69 Å². The molecular formula is C23H27NO5. The molecule has 0 bridgehead atoms. The highest BCUT2D eigenvalue weighted by atomic mass is 16.4. The number of carboxylic acid groups (broad SMARTS) is 1. The average Bonchev–Trinajstić information content (AvgIpc) is 3.18. The molecule has 0 atom stereocenters. The SMILES string of the molecule is CC(C)(CO)CO.O=C(O)CCc1nc(-c2ccccc2)c(-c2ccccc2)o1. The van der Waals surface area contributed by atoms with E-state index < -0.39 is 5.97 Å². The van der Waals surface area contributed by atoms with Gasteiger partial charge in [-0.3, -0.25) is 4.79 Å². The molecule has 3 rings (SSSR count). The summed E-state index contributed by atoms with van der Waals surface area (Å²) in [6.07, 6.45) is 0.283. The maximum absolute atomic E-state index is 10.7. The van der Waals surface area contributed by atoms with Crippen LogP contribution in [0.4, 0.5) is 0 Å². The molecule has 0 radical (unpaired) electrons. The van der Waals surface area contributed by atoms with E-state index in [4.69, 9.17) is 19.7 Å². The van der Waals surface area contributed by atoms with Crippen molar-refractivity contribution in [3.05, 3.63) is 66.6 Å². The van der Waals surface area contributed by atoms with E-state index in [1.807, 2.05) is 60.7 Å². The number of rotatable bonds is 7. The first-order valence-electron chi connectivity index (χ1n) is 9.40. The number of aliphatic hydroxyl groups is 2. The molecule has 0 saturated carbocycles. The molecular weight excluding hydrogens is 370 g/mol. The van der Waals surface area contributed by atoms with Crippen LogP contribution in [0.25, 0.3) is 22.6 Å². The number of aliphatic carboxylic acids is 1. The summed E-state index contributed by atoms with van der Waals surface area (Å²) in [5.74, 6) is 0.257. The van der Waals surface area contributed by atoms with Gasteiger partial charge in [0, 0.05) is 23.0 Å². The van der Waals surface area contributed by atoms with Crippen molar-refractivity contribution in [3.63, 3.8) is 0 Å². The van der Waals surface area contributed by atoms with Crippen LogP contribution in [0.2, 0.25) is 0 Å². The fourth-order valence-electron chi connectivity index (χ4n) is 2.31. The molecule has 0 aliphatic heterocycles. The molecule has 29 heavy (non-hydrogen) atoms. The first-order chi connectivity index (χ1) is 13.9. The third-order valence-electron chi connectivity index (χ3n) is 4.16. The molecule has 2 aromatic carbocycles. The molecule has 0 aliphatic carbocycles. The summed E-state index contributed by atoms with van der Waals surface area (Å²) in [6, 6.07) is 19.5. The van der Waals surface area contributed by atoms with Crippen LogP contribution in [-0.2, 0) is 11.2 Å². The van der Waals surface area contributed by atoms with Gasteiger partial charge in [0.25, 0.3) is 0 Å². The minimum absolute atomic E-state index is 0.00295. The van der Waals surface area contributed by atoms with Crippen LogP contribution in [0, 0.1) is 5.41 Å². The largest absolute Gasteiger partial charge is 0.481 e. The zero-order valence-corrected chi connectivity index (χ0v) is 16.7. The van der Waals surface area contributed by atoms with E-state index in [9.17, 15) is 4.79 Å². The molecule has 0 spiro atoms. The lowest BCUT2D eigenvalue weighted by Gasteiger charge is -2.16. The van der Waals surface area contributed by atoms with E-state index in [0.717, 1.165) is 16.8 Å². The first-order valence-corrected chi connectivity index (χ1v) is 9.40. The summed E-state index contributed by atoms with van der Waals surface area (Å²) in [7, 11) is 0. The Kier molecular flexibility index (Phi) is 8.12. The first kappa shape index (κ1) is 22.3. The third-order valence-corrected chi connectivity index (χ3v) is 4.16. The van der Waals surface area contributed by atoms with Gasteiger partial charge in [0.05, 0.1) is 19.6 Å². The standard InChI is InChI=1S/C18H15NO3.C5H12O2/c20-16(21)12-11-15-19-17(13-7-3-1-4-8-13)18(22-15)14-9-5-2-6-10-14;1-5(2,3-6)4-7/h1-10H,11-12H2,(H,20,21);6-7H,3-4H2,1-2H3. The number of aliphatic hydroxyl groups excluding tert-OH is 2. The van der Waals surface area contributed by atoms with E-state index in [1.165, 1.54) is 0 Å². The van der Waals surface area contributed by atoms with Gasteiger partial charge in [0.2, 0.25) is 0 Å². The lowest BCUT2D eigenvalue weighted by Crippen LogP contribution is -2.20. The predicted molar refractivity (Wildman–Crippen MR) is 111 cm³/mol. The quantitative estimate of drug-likeness (QED) is 0.556. The van der Waals surface area contributed by atoms with Crippen LogP contribution in [0.3, 0.4) is 0 Å². The Labute approximate surface area is 170 Å². The predicted octanol–water partition coefficient (Wildman–Crippen LogP) is 4.02. The molecule has 0 aliphatic rings. The lowest BCUT2D eigenvalue weighted by atomic mass is 9.97. The molecule has 3 aromatic rings. The van der Waals surface area contributed by atoms with Crippen molar-refractivity contribution in [2.24, 2.45) is 5.41 Å². The molecule has 6 heteroatoms. The molecule has 154 valence electrons. The maximum Gasteiger partial charge on any atom is 0.303 e. The molecule has 1 aromatic heterocycles. The Bertz CT molecular complexity index is 825. The normalized spacial score (nSPS) is 10.9. The van der Waals surface area contributed by atoms with Crippen LogP contribution in [0.15, 0.2) is 65.1 Å². The van der Waals surface area contributed by atoms with E-state index in [2.05, 4.69) is 4.98 Å². The van der Waals surface area contributed by atoms with Crippen molar-refractivity contribution in [2.75, 3.05) is 13.2 Å². The second-order valence-electron chi connectivity index (χ2n) is 7.39. The highest BCUT2D eigenvalue weighted by molar-refractivity contribution is 5.76. The number of benzene rings is 2. The molecule has 0 saturated heterocycles. The van der Waals surface area contributed by atoms with Crippen LogP contribution in [0.1, 0.15) is 26.2 Å². The van der Waals surface area contributed by atoms with Gasteiger partial charge in [-0.2, -0.15) is 0 Å². The van der Waals surface area contributed by atoms with Crippen molar-refractivity contribution in [2.45, 2.75) is 26.7 Å². The van der Waals surface area contributed by atoms with E-state index in [1.54, 1.807) is 13.8 Å². The lowest BCUT2D eigenvalue weighted by molar-refractivity contribution is -0.137. The number of aryl methyl sites for hydroxylation is 1. The average molecular weight is 397 g/mol. The van der Waals surface area contributed by atoms with E-state index in [0.29, 0.717) is 11.7 Å².